The molecule has 3 rings (SSSR count). The smallest absolute Gasteiger partial charge is 0.253 e. The number of nitrogens with zero attached hydrogens (tertiary/aromatic N) is 2. The van der Waals surface area contributed by atoms with Crippen LogP contribution in [0.4, 0.5) is 0 Å². The van der Waals surface area contributed by atoms with E-state index in [0.29, 0.717) is 65.8 Å². The first-order chi connectivity index (χ1) is 16.9. The van der Waals surface area contributed by atoms with Gasteiger partial charge in [-0.1, -0.05) is 0 Å². The van der Waals surface area contributed by atoms with Gasteiger partial charge in [0.25, 0.3) is 5.91 Å². The number of rotatable bonds is 9. The quantitative estimate of drug-likeness (QED) is 0.430. The van der Waals surface area contributed by atoms with Crippen molar-refractivity contribution in [2.75, 3.05) is 48.6 Å². The predicted molar refractivity (Wildman–Crippen MR) is 130 cm³/mol. The van der Waals surface area contributed by atoms with Gasteiger partial charge >= 0.3 is 0 Å². The van der Waals surface area contributed by atoms with E-state index in [1.54, 1.807) is 42.3 Å². The third kappa shape index (κ3) is 5.95. The van der Waals surface area contributed by atoms with Crippen molar-refractivity contribution in [1.29, 1.82) is 0 Å². The Morgan fingerprint density at radius 2 is 1.46 bits per heavy atom. The number of benzene rings is 2. The monoisotopic (exact) mass is 485 g/mol. The molecular formula is C25H31N3O7. The van der Waals surface area contributed by atoms with Crippen LogP contribution in [0.3, 0.4) is 0 Å². The Labute approximate surface area is 204 Å². The minimum atomic E-state index is -0.235. The van der Waals surface area contributed by atoms with Crippen LogP contribution < -0.4 is 29.1 Å². The Kier molecular flexibility index (Phi) is 8.77. The molecule has 0 unspecified atom stereocenters. The van der Waals surface area contributed by atoms with Crippen molar-refractivity contribution in [3.05, 3.63) is 41.5 Å². The van der Waals surface area contributed by atoms with Gasteiger partial charge in [-0.05, 0) is 43.2 Å². The van der Waals surface area contributed by atoms with E-state index in [0.717, 1.165) is 0 Å². The molecule has 1 aliphatic heterocycles. The highest BCUT2D eigenvalue weighted by molar-refractivity contribution is 5.95. The highest BCUT2D eigenvalue weighted by atomic mass is 16.5. The van der Waals surface area contributed by atoms with Crippen molar-refractivity contribution in [3.8, 4) is 28.7 Å². The Morgan fingerprint density at radius 3 is 2.00 bits per heavy atom. The minimum absolute atomic E-state index is 0.106. The van der Waals surface area contributed by atoms with Crippen molar-refractivity contribution < 1.29 is 33.3 Å². The lowest BCUT2D eigenvalue weighted by Crippen LogP contribution is -2.42. The summed E-state index contributed by atoms with van der Waals surface area (Å²) in [6.45, 7) is 0.948. The van der Waals surface area contributed by atoms with E-state index in [1.165, 1.54) is 34.7 Å². The summed E-state index contributed by atoms with van der Waals surface area (Å²) in [5.41, 5.74) is 3.78. The molecule has 10 heteroatoms. The molecular weight excluding hydrogens is 454 g/mol. The van der Waals surface area contributed by atoms with Crippen LogP contribution in [0.1, 0.15) is 28.8 Å². The predicted octanol–water partition coefficient (Wildman–Crippen LogP) is 2.73. The van der Waals surface area contributed by atoms with E-state index in [4.69, 9.17) is 23.7 Å². The summed E-state index contributed by atoms with van der Waals surface area (Å²) in [5, 5.41) is 4.08. The van der Waals surface area contributed by atoms with E-state index in [-0.39, 0.29) is 17.7 Å². The zero-order chi connectivity index (χ0) is 25.4. The van der Waals surface area contributed by atoms with Gasteiger partial charge in [0, 0.05) is 30.1 Å². The number of methoxy groups -OCH3 is 5. The fourth-order valence-electron chi connectivity index (χ4n) is 3.93. The molecule has 0 aromatic heterocycles. The van der Waals surface area contributed by atoms with Crippen LogP contribution in [0.25, 0.3) is 0 Å². The molecule has 0 radical (unpaired) electrons. The van der Waals surface area contributed by atoms with E-state index < -0.39 is 0 Å². The maximum Gasteiger partial charge on any atom is 0.253 e. The SMILES string of the molecule is COc1ccc(C(=O)N2CCC(C(=O)N/N=C\c3cc(OC)c(OC)c(OC)c3)CC2)cc1OC. The topological polar surface area (TPSA) is 108 Å². The molecule has 2 aromatic rings. The summed E-state index contributed by atoms with van der Waals surface area (Å²) in [5.74, 6) is 1.99. The number of amides is 2. The van der Waals surface area contributed by atoms with Crippen LogP contribution in [0.2, 0.25) is 0 Å². The third-order valence-electron chi connectivity index (χ3n) is 5.86. The summed E-state index contributed by atoms with van der Waals surface area (Å²) < 4.78 is 26.5. The highest BCUT2D eigenvalue weighted by Gasteiger charge is 2.28. The molecule has 1 N–H and O–H groups in total. The van der Waals surface area contributed by atoms with Crippen LogP contribution in [-0.2, 0) is 4.79 Å². The standard InChI is InChI=1S/C25H31N3O7/c1-31-19-7-6-18(14-20(19)32-2)25(30)28-10-8-17(9-11-28)24(29)27-26-15-16-12-21(33-3)23(35-5)22(13-16)34-4/h6-7,12-15,17H,8-11H2,1-5H3,(H,27,29)/b26-15-. The van der Waals surface area contributed by atoms with Crippen LogP contribution >= 0.6 is 0 Å². The second kappa shape index (κ2) is 12.0. The number of carbonyl (C=O) groups excluding carboxylic acids is 2. The van der Waals surface area contributed by atoms with E-state index in [9.17, 15) is 9.59 Å². The van der Waals surface area contributed by atoms with E-state index >= 15 is 0 Å². The van der Waals surface area contributed by atoms with Crippen LogP contribution in [0.5, 0.6) is 28.7 Å². The second-order valence-electron chi connectivity index (χ2n) is 7.83. The van der Waals surface area contributed by atoms with Gasteiger partial charge in [-0.2, -0.15) is 5.10 Å². The van der Waals surface area contributed by atoms with Crippen LogP contribution in [-0.4, -0.2) is 71.6 Å². The fourth-order valence-corrected chi connectivity index (χ4v) is 3.93. The summed E-state index contributed by atoms with van der Waals surface area (Å²) in [4.78, 5) is 27.2. The molecule has 0 bridgehead atoms. The Bertz CT molecular complexity index is 1050. The molecule has 2 aromatic carbocycles. The number of likely N-dealkylation sites (tertiary alicyclic amines) is 1. The molecule has 0 atom stereocenters. The van der Waals surface area contributed by atoms with Crippen molar-refractivity contribution in [2.24, 2.45) is 11.0 Å². The highest BCUT2D eigenvalue weighted by Crippen LogP contribution is 2.37. The van der Waals surface area contributed by atoms with Gasteiger partial charge in [-0.15, -0.1) is 0 Å². The fraction of sp³-hybridized carbons (Fsp3) is 0.400. The number of ether oxygens (including phenoxy) is 5. The molecule has 188 valence electrons. The third-order valence-corrected chi connectivity index (χ3v) is 5.86. The van der Waals surface area contributed by atoms with Crippen LogP contribution in [0, 0.1) is 5.92 Å². The lowest BCUT2D eigenvalue weighted by atomic mass is 9.95. The Hall–Kier alpha value is -3.95. The molecule has 1 saturated heterocycles. The van der Waals surface area contributed by atoms with Gasteiger partial charge in [0.1, 0.15) is 0 Å². The average molecular weight is 486 g/mol. The lowest BCUT2D eigenvalue weighted by Gasteiger charge is -2.31. The van der Waals surface area contributed by atoms with Gasteiger partial charge in [0.05, 0.1) is 41.8 Å². The number of hydrazone groups is 1. The summed E-state index contributed by atoms with van der Waals surface area (Å²) in [6, 6.07) is 8.54. The molecule has 1 heterocycles. The first-order valence-electron chi connectivity index (χ1n) is 11.1. The van der Waals surface area contributed by atoms with Gasteiger partial charge < -0.3 is 28.6 Å². The maximum atomic E-state index is 12.9. The minimum Gasteiger partial charge on any atom is -0.493 e. The molecule has 1 aliphatic rings. The number of hydrogen-bond donors (Lipinski definition) is 1. The van der Waals surface area contributed by atoms with Gasteiger partial charge in [-0.3, -0.25) is 9.59 Å². The largest absolute Gasteiger partial charge is 0.493 e. The van der Waals surface area contributed by atoms with Crippen molar-refractivity contribution in [3.63, 3.8) is 0 Å². The molecule has 35 heavy (non-hydrogen) atoms. The molecule has 1 fully saturated rings. The Balaban J connectivity index is 1.56. The van der Waals surface area contributed by atoms with Crippen LogP contribution in [0.15, 0.2) is 35.4 Å². The molecule has 2 amide bonds. The molecule has 0 spiro atoms. The normalized spacial score (nSPS) is 13.9. The second-order valence-corrected chi connectivity index (χ2v) is 7.83. The Morgan fingerprint density at radius 1 is 0.857 bits per heavy atom. The molecule has 0 saturated carbocycles. The van der Waals surface area contributed by atoms with Crippen molar-refractivity contribution >= 4 is 18.0 Å². The zero-order valence-electron chi connectivity index (χ0n) is 20.6. The maximum absolute atomic E-state index is 12.9. The van der Waals surface area contributed by atoms with E-state index in [2.05, 4.69) is 10.5 Å². The van der Waals surface area contributed by atoms with Gasteiger partial charge in [0.15, 0.2) is 23.0 Å². The zero-order valence-corrected chi connectivity index (χ0v) is 20.6. The lowest BCUT2D eigenvalue weighted by molar-refractivity contribution is -0.126. The summed E-state index contributed by atoms with van der Waals surface area (Å²) >= 11 is 0. The van der Waals surface area contributed by atoms with Gasteiger partial charge in [0.2, 0.25) is 11.7 Å². The van der Waals surface area contributed by atoms with Crippen molar-refractivity contribution in [2.45, 2.75) is 12.8 Å². The number of nitrogens with one attached hydrogen (secondary N) is 1. The summed E-state index contributed by atoms with van der Waals surface area (Å²) in [7, 11) is 7.66. The number of hydrogen-bond acceptors (Lipinski definition) is 8. The first-order valence-corrected chi connectivity index (χ1v) is 11.1. The average Bonchev–Trinajstić information content (AvgIpc) is 2.91. The summed E-state index contributed by atoms with van der Waals surface area (Å²) in [6.07, 6.45) is 2.60. The van der Waals surface area contributed by atoms with Gasteiger partial charge in [-0.25, -0.2) is 5.43 Å². The van der Waals surface area contributed by atoms with E-state index in [1.807, 2.05) is 0 Å². The first kappa shape index (κ1) is 25.7. The molecule has 10 nitrogen and oxygen atoms in total. The van der Waals surface area contributed by atoms with Crippen molar-refractivity contribution in [1.82, 2.24) is 10.3 Å². The number of carbonyl (C=O) groups is 2. The molecule has 0 aliphatic carbocycles. The number of piperidine rings is 1.